The summed E-state index contributed by atoms with van der Waals surface area (Å²) < 4.78 is 17.4. The third-order valence-corrected chi connectivity index (χ3v) is 2.79. The molecule has 0 amide bonds. The molecule has 5 nitrogen and oxygen atoms in total. The zero-order valence-corrected chi connectivity index (χ0v) is 10.5. The summed E-state index contributed by atoms with van der Waals surface area (Å²) in [7, 11) is 0. The first-order valence-electron chi connectivity index (χ1n) is 6.07. The molecule has 102 valence electrons. The van der Waals surface area contributed by atoms with Crippen LogP contribution < -0.4 is 15.8 Å². The first-order valence-corrected chi connectivity index (χ1v) is 6.07. The molecule has 0 spiro atoms. The van der Waals surface area contributed by atoms with E-state index < -0.39 is 6.67 Å². The maximum Gasteiger partial charge on any atom is 0.185 e. The van der Waals surface area contributed by atoms with Gasteiger partial charge in [0.05, 0.1) is 0 Å². The van der Waals surface area contributed by atoms with Crippen LogP contribution in [0.1, 0.15) is 5.56 Å². The Hall–Kier alpha value is -2.24. The SMILES string of the molecule is N=C(N)NCCc1c[nH]c2ccc(OCCF)cc12. The van der Waals surface area contributed by atoms with E-state index in [0.717, 1.165) is 22.9 Å². The third kappa shape index (κ3) is 3.37. The summed E-state index contributed by atoms with van der Waals surface area (Å²) in [6.45, 7) is 0.162. The maximum absolute atomic E-state index is 12.1. The average Bonchev–Trinajstić information content (AvgIpc) is 2.79. The van der Waals surface area contributed by atoms with Gasteiger partial charge in [-0.05, 0) is 30.2 Å². The van der Waals surface area contributed by atoms with Crippen molar-refractivity contribution in [3.8, 4) is 5.75 Å². The molecular formula is C13H17FN4O. The van der Waals surface area contributed by atoms with Gasteiger partial charge in [0.1, 0.15) is 19.0 Å². The number of hydrogen-bond acceptors (Lipinski definition) is 2. The Balaban J connectivity index is 2.12. The number of benzene rings is 1. The lowest BCUT2D eigenvalue weighted by Gasteiger charge is -2.05. The zero-order valence-electron chi connectivity index (χ0n) is 10.5. The molecule has 19 heavy (non-hydrogen) atoms. The first-order chi connectivity index (χ1) is 9.20. The van der Waals surface area contributed by atoms with Crippen molar-refractivity contribution in [2.45, 2.75) is 6.42 Å². The Morgan fingerprint density at radius 2 is 2.32 bits per heavy atom. The highest BCUT2D eigenvalue weighted by atomic mass is 19.1. The van der Waals surface area contributed by atoms with Crippen molar-refractivity contribution < 1.29 is 9.13 Å². The van der Waals surface area contributed by atoms with Crippen LogP contribution in [-0.4, -0.2) is 30.8 Å². The molecule has 1 aromatic heterocycles. The predicted octanol–water partition coefficient (Wildman–Crippen LogP) is 1.54. The minimum atomic E-state index is -0.499. The molecule has 2 aromatic rings. The number of rotatable bonds is 6. The fraction of sp³-hybridized carbons (Fsp3) is 0.308. The van der Waals surface area contributed by atoms with E-state index in [0.29, 0.717) is 12.3 Å². The normalized spacial score (nSPS) is 10.6. The van der Waals surface area contributed by atoms with Gasteiger partial charge in [0.25, 0.3) is 0 Å². The largest absolute Gasteiger partial charge is 0.491 e. The van der Waals surface area contributed by atoms with Crippen molar-refractivity contribution in [2.75, 3.05) is 19.8 Å². The Labute approximate surface area is 110 Å². The Bertz CT molecular complexity index is 567. The number of nitrogens with one attached hydrogen (secondary N) is 3. The predicted molar refractivity (Wildman–Crippen MR) is 73.4 cm³/mol. The lowest BCUT2D eigenvalue weighted by atomic mass is 10.1. The molecule has 0 bridgehead atoms. The van der Waals surface area contributed by atoms with Crippen LogP contribution in [0.5, 0.6) is 5.75 Å². The first kappa shape index (κ1) is 13.2. The Morgan fingerprint density at radius 1 is 1.47 bits per heavy atom. The molecule has 0 saturated carbocycles. The molecule has 0 unspecified atom stereocenters. The van der Waals surface area contributed by atoms with E-state index in [9.17, 15) is 4.39 Å². The number of nitrogens with two attached hydrogens (primary N) is 1. The van der Waals surface area contributed by atoms with Crippen LogP contribution in [-0.2, 0) is 6.42 Å². The van der Waals surface area contributed by atoms with Crippen LogP contribution in [0, 0.1) is 5.41 Å². The molecule has 0 radical (unpaired) electrons. The molecule has 0 aliphatic rings. The van der Waals surface area contributed by atoms with E-state index in [1.54, 1.807) is 0 Å². The Kier molecular flexibility index (Phi) is 4.22. The molecule has 0 atom stereocenters. The van der Waals surface area contributed by atoms with Gasteiger partial charge in [0, 0.05) is 23.6 Å². The van der Waals surface area contributed by atoms with Gasteiger partial charge in [0.15, 0.2) is 5.96 Å². The summed E-state index contributed by atoms with van der Waals surface area (Å²) in [6, 6.07) is 5.61. The summed E-state index contributed by atoms with van der Waals surface area (Å²) in [4.78, 5) is 3.17. The maximum atomic E-state index is 12.1. The Morgan fingerprint density at radius 3 is 3.05 bits per heavy atom. The third-order valence-electron chi connectivity index (χ3n) is 2.79. The number of halogens is 1. The molecule has 0 fully saturated rings. The van der Waals surface area contributed by atoms with Gasteiger partial charge < -0.3 is 20.8 Å². The van der Waals surface area contributed by atoms with E-state index in [1.165, 1.54) is 0 Å². The lowest BCUT2D eigenvalue weighted by molar-refractivity contribution is 0.273. The number of aromatic nitrogens is 1. The van der Waals surface area contributed by atoms with Gasteiger partial charge in [0.2, 0.25) is 0 Å². The molecule has 0 aliphatic carbocycles. The topological polar surface area (TPSA) is 86.9 Å². The second-order valence-corrected chi connectivity index (χ2v) is 4.15. The highest BCUT2D eigenvalue weighted by Gasteiger charge is 2.05. The summed E-state index contributed by atoms with van der Waals surface area (Å²) >= 11 is 0. The van der Waals surface area contributed by atoms with E-state index in [4.69, 9.17) is 15.9 Å². The monoisotopic (exact) mass is 264 g/mol. The summed E-state index contributed by atoms with van der Waals surface area (Å²) in [6.07, 6.45) is 2.66. The van der Waals surface area contributed by atoms with E-state index in [2.05, 4.69) is 10.3 Å². The molecule has 1 heterocycles. The molecular weight excluding hydrogens is 247 g/mol. The summed E-state index contributed by atoms with van der Waals surface area (Å²) in [5, 5.41) is 10.9. The van der Waals surface area contributed by atoms with Crippen molar-refractivity contribution in [3.63, 3.8) is 0 Å². The molecule has 1 aromatic carbocycles. The molecule has 0 saturated heterocycles. The van der Waals surface area contributed by atoms with Crippen molar-refractivity contribution >= 4 is 16.9 Å². The average molecular weight is 264 g/mol. The van der Waals surface area contributed by atoms with Gasteiger partial charge in [-0.2, -0.15) is 0 Å². The van der Waals surface area contributed by atoms with E-state index in [-0.39, 0.29) is 12.6 Å². The van der Waals surface area contributed by atoms with Gasteiger partial charge >= 0.3 is 0 Å². The van der Waals surface area contributed by atoms with Crippen LogP contribution in [0.4, 0.5) is 4.39 Å². The minimum Gasteiger partial charge on any atom is -0.491 e. The minimum absolute atomic E-state index is 0.0354. The van der Waals surface area contributed by atoms with Crippen LogP contribution in [0.2, 0.25) is 0 Å². The van der Waals surface area contributed by atoms with Crippen molar-refractivity contribution in [1.29, 1.82) is 5.41 Å². The number of guanidine groups is 1. The van der Waals surface area contributed by atoms with Gasteiger partial charge in [-0.1, -0.05) is 0 Å². The van der Waals surface area contributed by atoms with Gasteiger partial charge in [-0.15, -0.1) is 0 Å². The lowest BCUT2D eigenvalue weighted by Crippen LogP contribution is -2.31. The number of hydrogen-bond donors (Lipinski definition) is 4. The van der Waals surface area contributed by atoms with Crippen molar-refractivity contribution in [2.24, 2.45) is 5.73 Å². The van der Waals surface area contributed by atoms with Crippen LogP contribution >= 0.6 is 0 Å². The van der Waals surface area contributed by atoms with Crippen molar-refractivity contribution in [1.82, 2.24) is 10.3 Å². The molecule has 6 heteroatoms. The molecule has 5 N–H and O–H groups in total. The highest BCUT2D eigenvalue weighted by Crippen LogP contribution is 2.24. The number of aromatic amines is 1. The second kappa shape index (κ2) is 6.08. The van der Waals surface area contributed by atoms with Crippen LogP contribution in [0.25, 0.3) is 10.9 Å². The number of alkyl halides is 1. The summed E-state index contributed by atoms with van der Waals surface area (Å²) in [5.74, 6) is 0.623. The number of ether oxygens (including phenoxy) is 1. The number of H-pyrrole nitrogens is 1. The summed E-state index contributed by atoms with van der Waals surface area (Å²) in [5.41, 5.74) is 7.34. The second-order valence-electron chi connectivity index (χ2n) is 4.15. The highest BCUT2D eigenvalue weighted by molar-refractivity contribution is 5.84. The smallest absolute Gasteiger partial charge is 0.185 e. The van der Waals surface area contributed by atoms with Gasteiger partial charge in [-0.3, -0.25) is 5.41 Å². The van der Waals surface area contributed by atoms with E-state index in [1.807, 2.05) is 24.4 Å². The zero-order chi connectivity index (χ0) is 13.7. The van der Waals surface area contributed by atoms with Gasteiger partial charge in [-0.25, -0.2) is 4.39 Å². The molecule has 0 aliphatic heterocycles. The van der Waals surface area contributed by atoms with Crippen LogP contribution in [0.15, 0.2) is 24.4 Å². The van der Waals surface area contributed by atoms with Crippen LogP contribution in [0.3, 0.4) is 0 Å². The number of fused-ring (bicyclic) bond motifs is 1. The van der Waals surface area contributed by atoms with E-state index >= 15 is 0 Å². The fourth-order valence-corrected chi connectivity index (χ4v) is 1.94. The quantitative estimate of drug-likeness (QED) is 0.471. The standard InChI is InChI=1S/C13H17FN4O/c14-4-6-19-10-1-2-12-11(7-10)9(8-18-12)3-5-17-13(15)16/h1-2,7-8,18H,3-6H2,(H4,15,16,17). The van der Waals surface area contributed by atoms with Crippen molar-refractivity contribution in [3.05, 3.63) is 30.0 Å². The fourth-order valence-electron chi connectivity index (χ4n) is 1.94. The molecule has 2 rings (SSSR count).